The first-order valence-electron chi connectivity index (χ1n) is 5.98. The van der Waals surface area contributed by atoms with Crippen LogP contribution in [0.25, 0.3) is 0 Å². The summed E-state index contributed by atoms with van der Waals surface area (Å²) < 4.78 is 7.45. The van der Waals surface area contributed by atoms with Gasteiger partial charge in [-0.25, -0.2) is 0 Å². The van der Waals surface area contributed by atoms with Gasteiger partial charge in [-0.3, -0.25) is 0 Å². The van der Waals surface area contributed by atoms with Crippen LogP contribution >= 0.6 is 31.9 Å². The van der Waals surface area contributed by atoms with Gasteiger partial charge in [0, 0.05) is 15.0 Å². The normalized spacial score (nSPS) is 14.6. The molecule has 0 spiro atoms. The number of nitrogens with one attached hydrogen (secondary N) is 2. The highest BCUT2D eigenvalue weighted by molar-refractivity contribution is 9.11. The van der Waals surface area contributed by atoms with E-state index in [4.69, 9.17) is 4.42 Å². The third kappa shape index (κ3) is 3.55. The van der Waals surface area contributed by atoms with Gasteiger partial charge in [0.15, 0.2) is 0 Å². The van der Waals surface area contributed by atoms with Crippen LogP contribution < -0.4 is 10.6 Å². The van der Waals surface area contributed by atoms with Gasteiger partial charge in [-0.15, -0.1) is 5.10 Å². The molecule has 0 saturated heterocycles. The lowest BCUT2D eigenvalue weighted by molar-refractivity contribution is 0.478. The number of rotatable bonds is 5. The molecule has 5 nitrogen and oxygen atoms in total. The molecular weight excluding hydrogens is 376 g/mol. The van der Waals surface area contributed by atoms with Crippen LogP contribution in [0.5, 0.6) is 0 Å². The summed E-state index contributed by atoms with van der Waals surface area (Å²) in [4.78, 5) is 0. The molecule has 2 aromatic rings. The fraction of sp³-hybridized carbons (Fsp3) is 0.333. The molecule has 3 rings (SSSR count). The molecule has 0 unspecified atom stereocenters. The van der Waals surface area contributed by atoms with Crippen LogP contribution in [0.3, 0.4) is 0 Å². The smallest absolute Gasteiger partial charge is 0.320 e. The fourth-order valence-corrected chi connectivity index (χ4v) is 2.31. The summed E-state index contributed by atoms with van der Waals surface area (Å²) >= 11 is 6.89. The van der Waals surface area contributed by atoms with Crippen molar-refractivity contribution >= 4 is 43.6 Å². The van der Waals surface area contributed by atoms with E-state index in [1.54, 1.807) is 0 Å². The summed E-state index contributed by atoms with van der Waals surface area (Å²) in [5.74, 6) is 0.598. The number of aromatic nitrogens is 2. The van der Waals surface area contributed by atoms with E-state index in [2.05, 4.69) is 52.7 Å². The maximum Gasteiger partial charge on any atom is 0.320 e. The third-order valence-electron chi connectivity index (χ3n) is 2.76. The summed E-state index contributed by atoms with van der Waals surface area (Å²) in [7, 11) is 0. The van der Waals surface area contributed by atoms with Crippen LogP contribution in [-0.2, 0) is 6.54 Å². The molecule has 0 aliphatic heterocycles. The van der Waals surface area contributed by atoms with E-state index >= 15 is 0 Å². The minimum absolute atomic E-state index is 0.395. The average molecular weight is 388 g/mol. The van der Waals surface area contributed by atoms with E-state index in [1.165, 1.54) is 12.8 Å². The lowest BCUT2D eigenvalue weighted by Gasteiger charge is -2.04. The standard InChI is InChI=1S/C12H12Br2N4O/c13-7-1-4-9(14)10(5-7)16-12-18-17-11(19-12)6-15-8-2-3-8/h1,4-5,8,15H,2-3,6H2,(H,16,18). The number of hydrogen-bond acceptors (Lipinski definition) is 5. The molecular formula is C12H12Br2N4O. The lowest BCUT2D eigenvalue weighted by Crippen LogP contribution is -2.15. The van der Waals surface area contributed by atoms with Crippen molar-refractivity contribution in [3.8, 4) is 0 Å². The number of hydrogen-bond donors (Lipinski definition) is 2. The molecule has 2 N–H and O–H groups in total. The number of nitrogens with zero attached hydrogens (tertiary/aromatic N) is 2. The predicted molar refractivity (Wildman–Crippen MR) is 79.3 cm³/mol. The molecule has 0 radical (unpaired) electrons. The number of halogens is 2. The van der Waals surface area contributed by atoms with Crippen LogP contribution in [0.1, 0.15) is 18.7 Å². The molecule has 0 bridgehead atoms. The van der Waals surface area contributed by atoms with E-state index in [0.29, 0.717) is 24.5 Å². The molecule has 1 aliphatic carbocycles. The third-order valence-corrected chi connectivity index (χ3v) is 3.94. The van der Waals surface area contributed by atoms with E-state index in [-0.39, 0.29) is 0 Å². The highest BCUT2D eigenvalue weighted by Gasteiger charge is 2.21. The highest BCUT2D eigenvalue weighted by Crippen LogP contribution is 2.28. The van der Waals surface area contributed by atoms with Gasteiger partial charge in [-0.1, -0.05) is 21.0 Å². The Hall–Kier alpha value is -0.920. The summed E-state index contributed by atoms with van der Waals surface area (Å²) in [5, 5.41) is 14.4. The van der Waals surface area contributed by atoms with E-state index in [9.17, 15) is 0 Å². The molecule has 1 aliphatic rings. The van der Waals surface area contributed by atoms with Crippen molar-refractivity contribution in [3.05, 3.63) is 33.0 Å². The molecule has 7 heteroatoms. The van der Waals surface area contributed by atoms with Crippen molar-refractivity contribution in [3.63, 3.8) is 0 Å². The Labute approximate surface area is 127 Å². The quantitative estimate of drug-likeness (QED) is 0.820. The van der Waals surface area contributed by atoms with E-state index in [1.807, 2.05) is 18.2 Å². The van der Waals surface area contributed by atoms with Crippen molar-refractivity contribution < 1.29 is 4.42 Å². The topological polar surface area (TPSA) is 63.0 Å². The summed E-state index contributed by atoms with van der Waals surface area (Å²) in [6.07, 6.45) is 2.48. The molecule has 100 valence electrons. The number of anilines is 2. The molecule has 0 amide bonds. The zero-order valence-electron chi connectivity index (χ0n) is 9.99. The summed E-state index contributed by atoms with van der Waals surface area (Å²) in [5.41, 5.74) is 0.875. The van der Waals surface area contributed by atoms with Crippen LogP contribution in [0.4, 0.5) is 11.7 Å². The van der Waals surface area contributed by atoms with Gasteiger partial charge in [-0.2, -0.15) is 0 Å². The molecule has 1 saturated carbocycles. The van der Waals surface area contributed by atoms with Crippen molar-refractivity contribution in [1.82, 2.24) is 15.5 Å². The minimum atomic E-state index is 0.395. The molecule has 0 atom stereocenters. The van der Waals surface area contributed by atoms with Gasteiger partial charge in [0.2, 0.25) is 5.89 Å². The zero-order valence-corrected chi connectivity index (χ0v) is 13.2. The minimum Gasteiger partial charge on any atom is -0.406 e. The summed E-state index contributed by atoms with van der Waals surface area (Å²) in [6, 6.07) is 6.86. The number of benzene rings is 1. The Balaban J connectivity index is 1.66. The first-order valence-corrected chi connectivity index (χ1v) is 7.57. The van der Waals surface area contributed by atoms with Gasteiger partial charge in [-0.05, 0) is 47.0 Å². The Bertz CT molecular complexity index is 583. The molecule has 1 fully saturated rings. The molecule has 19 heavy (non-hydrogen) atoms. The average Bonchev–Trinajstić information content (AvgIpc) is 3.12. The Kier molecular flexibility index (Phi) is 3.86. The van der Waals surface area contributed by atoms with Gasteiger partial charge in [0.1, 0.15) is 0 Å². The first-order chi connectivity index (χ1) is 9.20. The van der Waals surface area contributed by atoms with E-state index < -0.39 is 0 Å². The second kappa shape index (κ2) is 5.60. The fourth-order valence-electron chi connectivity index (χ4n) is 1.60. The molecule has 1 heterocycles. The van der Waals surface area contributed by atoms with Gasteiger partial charge < -0.3 is 15.1 Å². The maximum atomic E-state index is 5.53. The Morgan fingerprint density at radius 1 is 1.26 bits per heavy atom. The van der Waals surface area contributed by atoms with Crippen molar-refractivity contribution in [2.75, 3.05) is 5.32 Å². The van der Waals surface area contributed by atoms with Crippen molar-refractivity contribution in [2.24, 2.45) is 0 Å². The van der Waals surface area contributed by atoms with Gasteiger partial charge in [0.25, 0.3) is 0 Å². The SMILES string of the molecule is Brc1ccc(Br)c(Nc2nnc(CNC3CC3)o2)c1. The van der Waals surface area contributed by atoms with Crippen LogP contribution in [0.15, 0.2) is 31.6 Å². The van der Waals surface area contributed by atoms with Gasteiger partial charge in [0.05, 0.1) is 12.2 Å². The van der Waals surface area contributed by atoms with E-state index in [0.717, 1.165) is 14.6 Å². The Morgan fingerprint density at radius 3 is 2.89 bits per heavy atom. The van der Waals surface area contributed by atoms with Crippen molar-refractivity contribution in [2.45, 2.75) is 25.4 Å². The van der Waals surface area contributed by atoms with Gasteiger partial charge >= 0.3 is 6.01 Å². The second-order valence-electron chi connectivity index (χ2n) is 4.41. The highest BCUT2D eigenvalue weighted by atomic mass is 79.9. The molecule has 1 aromatic carbocycles. The second-order valence-corrected chi connectivity index (χ2v) is 6.18. The molecule has 1 aromatic heterocycles. The lowest BCUT2D eigenvalue weighted by atomic mass is 10.3. The Morgan fingerprint density at radius 2 is 2.11 bits per heavy atom. The van der Waals surface area contributed by atoms with Crippen LogP contribution in [0, 0.1) is 0 Å². The zero-order chi connectivity index (χ0) is 13.2. The van der Waals surface area contributed by atoms with Crippen LogP contribution in [-0.4, -0.2) is 16.2 Å². The van der Waals surface area contributed by atoms with Crippen LogP contribution in [0.2, 0.25) is 0 Å². The van der Waals surface area contributed by atoms with Crippen molar-refractivity contribution in [1.29, 1.82) is 0 Å². The summed E-state index contributed by atoms with van der Waals surface area (Å²) in [6.45, 7) is 0.624. The first kappa shape index (κ1) is 13.1. The predicted octanol–water partition coefficient (Wildman–Crippen LogP) is 3.59. The maximum absolute atomic E-state index is 5.53. The monoisotopic (exact) mass is 386 g/mol. The largest absolute Gasteiger partial charge is 0.406 e.